The maximum absolute atomic E-state index is 9.94. The second-order valence-corrected chi connectivity index (χ2v) is 3.22. The summed E-state index contributed by atoms with van der Waals surface area (Å²) < 4.78 is 0.965. The number of nitro groups is 1. The number of rotatable bonds is 1. The molecule has 0 saturated heterocycles. The lowest BCUT2D eigenvalue weighted by Crippen LogP contribution is -1.96. The summed E-state index contributed by atoms with van der Waals surface area (Å²) >= 11 is 3.28. The molecule has 0 radical (unpaired) electrons. The van der Waals surface area contributed by atoms with Crippen LogP contribution in [0.5, 0.6) is 0 Å². The Morgan fingerprint density at radius 1 is 1.38 bits per heavy atom. The van der Waals surface area contributed by atoms with Gasteiger partial charge < -0.3 is 0 Å². The van der Waals surface area contributed by atoms with Crippen molar-refractivity contribution in [3.63, 3.8) is 0 Å². The number of benzene rings is 1. The summed E-state index contributed by atoms with van der Waals surface area (Å²) in [6, 6.07) is 7.29. The smallest absolute Gasteiger partial charge is 0.263 e. The monoisotopic (exact) mass is 239 g/mol. The Morgan fingerprint density at radius 2 is 2.00 bits per heavy atom. The van der Waals surface area contributed by atoms with Gasteiger partial charge >= 0.3 is 0 Å². The molecular weight excluding hydrogens is 234 g/mol. The number of nitrogens with zero attached hydrogens (tertiary/aromatic N) is 1. The molecule has 66 valence electrons. The van der Waals surface area contributed by atoms with Crippen LogP contribution in [0.4, 0.5) is 0 Å². The van der Waals surface area contributed by atoms with Crippen molar-refractivity contribution in [1.82, 2.24) is 0 Å². The van der Waals surface area contributed by atoms with E-state index in [4.69, 9.17) is 0 Å². The van der Waals surface area contributed by atoms with Crippen molar-refractivity contribution >= 4 is 15.9 Å². The quantitative estimate of drug-likeness (QED) is 0.428. The molecule has 13 heavy (non-hydrogen) atoms. The van der Waals surface area contributed by atoms with Gasteiger partial charge in [0.25, 0.3) is 6.54 Å². The van der Waals surface area contributed by atoms with Crippen LogP contribution in [-0.4, -0.2) is 11.5 Å². The van der Waals surface area contributed by atoms with E-state index in [1.54, 1.807) is 12.1 Å². The van der Waals surface area contributed by atoms with Gasteiger partial charge in [0.05, 0.1) is 0 Å². The maximum Gasteiger partial charge on any atom is 0.263 e. The Kier molecular flexibility index (Phi) is 3.47. The molecule has 0 spiro atoms. The second-order valence-electron chi connectivity index (χ2n) is 2.30. The topological polar surface area (TPSA) is 43.1 Å². The maximum atomic E-state index is 9.94. The van der Waals surface area contributed by atoms with Crippen molar-refractivity contribution in [2.45, 2.75) is 0 Å². The van der Waals surface area contributed by atoms with E-state index in [1.807, 2.05) is 12.1 Å². The third-order valence-electron chi connectivity index (χ3n) is 1.29. The molecule has 0 atom stereocenters. The summed E-state index contributed by atoms with van der Waals surface area (Å²) in [4.78, 5) is 9.49. The molecule has 0 heterocycles. The largest absolute Gasteiger partial charge is 0.264 e. The van der Waals surface area contributed by atoms with Crippen molar-refractivity contribution in [2.75, 3.05) is 6.54 Å². The van der Waals surface area contributed by atoms with Gasteiger partial charge in [-0.15, -0.1) is 0 Å². The van der Waals surface area contributed by atoms with E-state index in [0.29, 0.717) is 0 Å². The third-order valence-corrected chi connectivity index (χ3v) is 1.81. The fourth-order valence-corrected chi connectivity index (χ4v) is 1.00. The van der Waals surface area contributed by atoms with Crippen LogP contribution >= 0.6 is 15.9 Å². The zero-order valence-corrected chi connectivity index (χ0v) is 8.24. The Bertz CT molecular complexity index is 361. The zero-order valence-electron chi connectivity index (χ0n) is 6.66. The van der Waals surface area contributed by atoms with Crippen molar-refractivity contribution in [2.24, 2.45) is 0 Å². The first-order chi connectivity index (χ1) is 6.18. The summed E-state index contributed by atoms with van der Waals surface area (Å²) in [5, 5.41) is 9.94. The molecule has 4 heteroatoms. The molecule has 1 aromatic carbocycles. The molecule has 0 bridgehead atoms. The van der Waals surface area contributed by atoms with Crippen LogP contribution in [0.1, 0.15) is 5.56 Å². The highest BCUT2D eigenvalue weighted by molar-refractivity contribution is 9.10. The lowest BCUT2D eigenvalue weighted by atomic mass is 10.2. The van der Waals surface area contributed by atoms with Gasteiger partial charge in [-0.1, -0.05) is 21.9 Å². The Hall–Kier alpha value is -1.34. The van der Waals surface area contributed by atoms with E-state index in [1.165, 1.54) is 0 Å². The minimum Gasteiger partial charge on any atom is -0.264 e. The number of hydrogen-bond acceptors (Lipinski definition) is 2. The molecule has 0 saturated carbocycles. The first-order valence-electron chi connectivity index (χ1n) is 3.55. The van der Waals surface area contributed by atoms with Gasteiger partial charge in [0.2, 0.25) is 0 Å². The van der Waals surface area contributed by atoms with Gasteiger partial charge in [0.1, 0.15) is 0 Å². The first kappa shape index (κ1) is 9.75. The summed E-state index contributed by atoms with van der Waals surface area (Å²) in [5.74, 6) is 5.15. The number of halogens is 1. The minimum absolute atomic E-state index is 0.309. The summed E-state index contributed by atoms with van der Waals surface area (Å²) in [7, 11) is 0. The van der Waals surface area contributed by atoms with E-state index in [2.05, 4.69) is 27.8 Å². The van der Waals surface area contributed by atoms with Crippen molar-refractivity contribution in [1.29, 1.82) is 0 Å². The predicted octanol–water partition coefficient (Wildman–Crippen LogP) is 2.08. The van der Waals surface area contributed by atoms with Gasteiger partial charge in [0, 0.05) is 15.0 Å². The fourth-order valence-electron chi connectivity index (χ4n) is 0.739. The standard InChI is InChI=1S/C9H6BrNO2/c10-9-5-3-8(4-6-9)2-1-7-11(12)13/h3-6H,7H2. The van der Waals surface area contributed by atoms with Gasteiger partial charge in [-0.05, 0) is 30.2 Å². The van der Waals surface area contributed by atoms with Crippen LogP contribution in [0.25, 0.3) is 0 Å². The van der Waals surface area contributed by atoms with Gasteiger partial charge in [-0.2, -0.15) is 0 Å². The van der Waals surface area contributed by atoms with Crippen molar-refractivity contribution in [3.8, 4) is 11.8 Å². The summed E-state index contributed by atoms with van der Waals surface area (Å²) in [5.41, 5.74) is 0.782. The van der Waals surface area contributed by atoms with Crippen LogP contribution in [-0.2, 0) is 0 Å². The molecule has 3 nitrogen and oxygen atoms in total. The molecule has 0 amide bonds. The number of hydrogen-bond donors (Lipinski definition) is 0. The fraction of sp³-hybridized carbons (Fsp3) is 0.111. The normalized spacial score (nSPS) is 8.69. The molecule has 0 aliphatic rings. The first-order valence-corrected chi connectivity index (χ1v) is 4.34. The molecule has 1 aromatic rings. The lowest BCUT2D eigenvalue weighted by Gasteiger charge is -1.89. The van der Waals surface area contributed by atoms with E-state index in [9.17, 15) is 10.1 Å². The van der Waals surface area contributed by atoms with E-state index < -0.39 is 4.92 Å². The van der Waals surface area contributed by atoms with Gasteiger partial charge in [-0.25, -0.2) is 0 Å². The second kappa shape index (κ2) is 4.63. The van der Waals surface area contributed by atoms with Crippen LogP contribution in [0.2, 0.25) is 0 Å². The Labute approximate surface area is 84.0 Å². The summed E-state index contributed by atoms with van der Waals surface area (Å²) in [6.07, 6.45) is 0. The minimum atomic E-state index is -0.453. The van der Waals surface area contributed by atoms with Crippen LogP contribution < -0.4 is 0 Å². The van der Waals surface area contributed by atoms with E-state index >= 15 is 0 Å². The Morgan fingerprint density at radius 3 is 2.54 bits per heavy atom. The SMILES string of the molecule is O=[N+]([O-])CC#Cc1ccc(Br)cc1. The molecule has 0 aromatic heterocycles. The molecule has 0 aliphatic heterocycles. The molecule has 0 aliphatic carbocycles. The van der Waals surface area contributed by atoms with Gasteiger partial charge in [-0.3, -0.25) is 10.1 Å². The van der Waals surface area contributed by atoms with Gasteiger partial charge in [0.15, 0.2) is 0 Å². The molecule has 1 rings (SSSR count). The molecule has 0 unspecified atom stereocenters. The van der Waals surface area contributed by atoms with Crippen LogP contribution in [0.15, 0.2) is 28.7 Å². The third kappa shape index (κ3) is 3.72. The zero-order chi connectivity index (χ0) is 9.68. The van der Waals surface area contributed by atoms with E-state index in [0.717, 1.165) is 10.0 Å². The summed E-state index contributed by atoms with van der Waals surface area (Å²) in [6.45, 7) is -0.309. The average molecular weight is 240 g/mol. The van der Waals surface area contributed by atoms with Crippen molar-refractivity contribution in [3.05, 3.63) is 44.4 Å². The highest BCUT2D eigenvalue weighted by atomic mass is 79.9. The Balaban J connectivity index is 2.67. The average Bonchev–Trinajstić information content (AvgIpc) is 2.08. The molecular formula is C9H6BrNO2. The van der Waals surface area contributed by atoms with Crippen molar-refractivity contribution < 1.29 is 4.92 Å². The lowest BCUT2D eigenvalue weighted by molar-refractivity contribution is -0.466. The van der Waals surface area contributed by atoms with Crippen LogP contribution in [0.3, 0.4) is 0 Å². The highest BCUT2D eigenvalue weighted by Gasteiger charge is 1.89. The molecule has 0 N–H and O–H groups in total. The molecule has 0 fully saturated rings. The van der Waals surface area contributed by atoms with Crippen LogP contribution in [0, 0.1) is 22.0 Å². The predicted molar refractivity (Wildman–Crippen MR) is 52.9 cm³/mol. The van der Waals surface area contributed by atoms with E-state index in [-0.39, 0.29) is 6.54 Å². The highest BCUT2D eigenvalue weighted by Crippen LogP contribution is 2.09.